The average molecular weight is 284 g/mol. The predicted molar refractivity (Wildman–Crippen MR) is 80.0 cm³/mol. The summed E-state index contributed by atoms with van der Waals surface area (Å²) in [7, 11) is 1.69. The van der Waals surface area contributed by atoms with E-state index < -0.39 is 0 Å². The number of aryl methyl sites for hydroxylation is 1. The highest BCUT2D eigenvalue weighted by Gasteiger charge is 2.19. The molecule has 0 spiro atoms. The van der Waals surface area contributed by atoms with Crippen molar-refractivity contribution < 1.29 is 4.39 Å². The van der Waals surface area contributed by atoms with Gasteiger partial charge in [0, 0.05) is 7.05 Å². The molecule has 0 aliphatic heterocycles. The first-order valence-electron chi connectivity index (χ1n) is 6.90. The third-order valence-electron chi connectivity index (χ3n) is 3.47. The Morgan fingerprint density at radius 2 is 1.90 bits per heavy atom. The highest BCUT2D eigenvalue weighted by Crippen LogP contribution is 2.29. The molecule has 0 fully saturated rings. The second-order valence-electron chi connectivity index (χ2n) is 4.65. The van der Waals surface area contributed by atoms with Gasteiger partial charge in [-0.3, -0.25) is 0 Å². The molecule has 2 aromatic rings. The van der Waals surface area contributed by atoms with Crippen LogP contribution in [0.1, 0.15) is 30.7 Å². The standard InChI is InChI=1S/C16H17FN4/c1-4-11-12(10-18)16(20-19-14(11)5-2)21(3)15-9-7-6-8-13(15)17/h6-9H,4-5H2,1-3H3. The Hall–Kier alpha value is -2.48. The molecule has 0 N–H and O–H groups in total. The van der Waals surface area contributed by atoms with Gasteiger partial charge in [-0.25, -0.2) is 4.39 Å². The zero-order chi connectivity index (χ0) is 15.4. The van der Waals surface area contributed by atoms with Gasteiger partial charge in [0.25, 0.3) is 0 Å². The van der Waals surface area contributed by atoms with E-state index in [1.807, 2.05) is 13.8 Å². The lowest BCUT2D eigenvalue weighted by Crippen LogP contribution is -2.17. The van der Waals surface area contributed by atoms with Crippen LogP contribution in [0.25, 0.3) is 0 Å². The van der Waals surface area contributed by atoms with Crippen LogP contribution >= 0.6 is 0 Å². The van der Waals surface area contributed by atoms with Crippen LogP contribution in [0.2, 0.25) is 0 Å². The maximum atomic E-state index is 13.9. The second-order valence-corrected chi connectivity index (χ2v) is 4.65. The Morgan fingerprint density at radius 1 is 1.19 bits per heavy atom. The zero-order valence-corrected chi connectivity index (χ0v) is 12.4. The maximum absolute atomic E-state index is 13.9. The van der Waals surface area contributed by atoms with Crippen molar-refractivity contribution in [3.8, 4) is 6.07 Å². The third-order valence-corrected chi connectivity index (χ3v) is 3.47. The molecule has 0 amide bonds. The van der Waals surface area contributed by atoms with E-state index >= 15 is 0 Å². The van der Waals surface area contributed by atoms with E-state index in [1.54, 1.807) is 30.1 Å². The van der Waals surface area contributed by atoms with Gasteiger partial charge in [-0.1, -0.05) is 26.0 Å². The molecule has 1 heterocycles. The molecular weight excluding hydrogens is 267 g/mol. The van der Waals surface area contributed by atoms with Crippen LogP contribution in [0.3, 0.4) is 0 Å². The lowest BCUT2D eigenvalue weighted by atomic mass is 10.0. The van der Waals surface area contributed by atoms with Crippen LogP contribution < -0.4 is 4.90 Å². The molecule has 1 aromatic carbocycles. The SMILES string of the molecule is CCc1nnc(N(C)c2ccccc2F)c(C#N)c1CC. The number of nitriles is 1. The van der Waals surface area contributed by atoms with Gasteiger partial charge in [0.1, 0.15) is 17.4 Å². The molecular formula is C16H17FN4. The molecule has 2 rings (SSSR count). The Bertz CT molecular complexity index is 691. The normalized spacial score (nSPS) is 10.2. The minimum atomic E-state index is -0.358. The van der Waals surface area contributed by atoms with E-state index in [1.165, 1.54) is 6.07 Å². The molecule has 0 radical (unpaired) electrons. The lowest BCUT2D eigenvalue weighted by molar-refractivity contribution is 0.627. The number of hydrogen-bond donors (Lipinski definition) is 0. The molecule has 0 unspecified atom stereocenters. The first-order valence-corrected chi connectivity index (χ1v) is 6.90. The molecule has 0 aliphatic rings. The molecule has 108 valence electrons. The van der Waals surface area contributed by atoms with Crippen LogP contribution in [0.5, 0.6) is 0 Å². The van der Waals surface area contributed by atoms with Gasteiger partial charge in [-0.2, -0.15) is 10.4 Å². The highest BCUT2D eigenvalue weighted by atomic mass is 19.1. The van der Waals surface area contributed by atoms with Gasteiger partial charge in [0.2, 0.25) is 0 Å². The third kappa shape index (κ3) is 2.70. The van der Waals surface area contributed by atoms with Crippen molar-refractivity contribution in [1.82, 2.24) is 10.2 Å². The lowest BCUT2D eigenvalue weighted by Gasteiger charge is -2.21. The van der Waals surface area contributed by atoms with Crippen LogP contribution in [0, 0.1) is 17.1 Å². The molecule has 1 aromatic heterocycles. The summed E-state index contributed by atoms with van der Waals surface area (Å²) in [6.45, 7) is 3.95. The van der Waals surface area contributed by atoms with E-state index in [-0.39, 0.29) is 5.82 Å². The van der Waals surface area contributed by atoms with Crippen molar-refractivity contribution >= 4 is 11.5 Å². The molecule has 0 saturated carbocycles. The topological polar surface area (TPSA) is 52.8 Å². The summed E-state index contributed by atoms with van der Waals surface area (Å²) in [6, 6.07) is 8.60. The number of halogens is 1. The van der Waals surface area contributed by atoms with Gasteiger partial charge >= 0.3 is 0 Å². The van der Waals surface area contributed by atoms with Crippen LogP contribution in [-0.4, -0.2) is 17.2 Å². The van der Waals surface area contributed by atoms with Crippen LogP contribution in [0.15, 0.2) is 24.3 Å². The summed E-state index contributed by atoms with van der Waals surface area (Å²) >= 11 is 0. The molecule has 0 aliphatic carbocycles. The minimum absolute atomic E-state index is 0.358. The maximum Gasteiger partial charge on any atom is 0.173 e. The number of para-hydroxylation sites is 1. The largest absolute Gasteiger partial charge is 0.324 e. The predicted octanol–water partition coefficient (Wildman–Crippen LogP) is 3.38. The quantitative estimate of drug-likeness (QED) is 0.863. The molecule has 0 bridgehead atoms. The van der Waals surface area contributed by atoms with Crippen molar-refractivity contribution in [2.75, 3.05) is 11.9 Å². The number of aromatic nitrogens is 2. The summed E-state index contributed by atoms with van der Waals surface area (Å²) < 4.78 is 13.9. The van der Waals surface area contributed by atoms with Crippen molar-refractivity contribution in [2.24, 2.45) is 0 Å². The van der Waals surface area contributed by atoms with Gasteiger partial charge < -0.3 is 4.90 Å². The van der Waals surface area contributed by atoms with Crippen LogP contribution in [-0.2, 0) is 12.8 Å². The van der Waals surface area contributed by atoms with Gasteiger partial charge in [0.15, 0.2) is 5.82 Å². The summed E-state index contributed by atoms with van der Waals surface area (Å²) in [4.78, 5) is 1.57. The van der Waals surface area contributed by atoms with E-state index in [9.17, 15) is 9.65 Å². The fraction of sp³-hybridized carbons (Fsp3) is 0.312. The van der Waals surface area contributed by atoms with E-state index in [0.29, 0.717) is 29.9 Å². The average Bonchev–Trinajstić information content (AvgIpc) is 2.52. The van der Waals surface area contributed by atoms with Gasteiger partial charge in [-0.05, 0) is 30.5 Å². The first-order chi connectivity index (χ1) is 10.1. The molecule has 21 heavy (non-hydrogen) atoms. The minimum Gasteiger partial charge on any atom is -0.324 e. The molecule has 0 atom stereocenters. The van der Waals surface area contributed by atoms with E-state index in [2.05, 4.69) is 16.3 Å². The summed E-state index contributed by atoms with van der Waals surface area (Å²) in [5.41, 5.74) is 2.54. The smallest absolute Gasteiger partial charge is 0.173 e. The zero-order valence-electron chi connectivity index (χ0n) is 12.4. The number of nitrogens with zero attached hydrogens (tertiary/aromatic N) is 4. The Kier molecular flexibility index (Phi) is 4.49. The fourth-order valence-corrected chi connectivity index (χ4v) is 2.35. The monoisotopic (exact) mass is 284 g/mol. The number of rotatable bonds is 4. The van der Waals surface area contributed by atoms with Gasteiger partial charge in [0.05, 0.1) is 11.4 Å². The van der Waals surface area contributed by atoms with E-state index in [4.69, 9.17) is 0 Å². The first kappa shape index (κ1) is 14.9. The number of benzene rings is 1. The van der Waals surface area contributed by atoms with Gasteiger partial charge in [-0.15, -0.1) is 5.10 Å². The Labute approximate surface area is 123 Å². The van der Waals surface area contributed by atoms with Crippen molar-refractivity contribution in [2.45, 2.75) is 26.7 Å². The molecule has 4 nitrogen and oxygen atoms in total. The summed E-state index contributed by atoms with van der Waals surface area (Å²) in [6.07, 6.45) is 1.41. The van der Waals surface area contributed by atoms with E-state index in [0.717, 1.165) is 11.3 Å². The second kappa shape index (κ2) is 6.31. The summed E-state index contributed by atoms with van der Waals surface area (Å²) in [5, 5.41) is 17.8. The van der Waals surface area contributed by atoms with Crippen molar-refractivity contribution in [3.63, 3.8) is 0 Å². The summed E-state index contributed by atoms with van der Waals surface area (Å²) in [5.74, 6) is 0.0277. The number of hydrogen-bond acceptors (Lipinski definition) is 4. The highest BCUT2D eigenvalue weighted by molar-refractivity contribution is 5.67. The van der Waals surface area contributed by atoms with Crippen molar-refractivity contribution in [3.05, 3.63) is 46.9 Å². The Balaban J connectivity index is 2.60. The molecule has 5 heteroatoms. The fourth-order valence-electron chi connectivity index (χ4n) is 2.35. The van der Waals surface area contributed by atoms with Crippen molar-refractivity contribution in [1.29, 1.82) is 5.26 Å². The molecule has 0 saturated heterocycles. The Morgan fingerprint density at radius 3 is 2.48 bits per heavy atom. The van der Waals surface area contributed by atoms with Crippen LogP contribution in [0.4, 0.5) is 15.9 Å². The number of anilines is 2.